The molecule has 0 unspecified atom stereocenters. The summed E-state index contributed by atoms with van der Waals surface area (Å²) in [6.07, 6.45) is 2.94. The summed E-state index contributed by atoms with van der Waals surface area (Å²) in [5, 5.41) is 15.1. The zero-order valence-electron chi connectivity index (χ0n) is 10.9. The predicted molar refractivity (Wildman–Crippen MR) is 70.5 cm³/mol. The van der Waals surface area contributed by atoms with Crippen molar-refractivity contribution in [2.45, 2.75) is 33.1 Å². The summed E-state index contributed by atoms with van der Waals surface area (Å²) in [5.41, 5.74) is 1.04. The van der Waals surface area contributed by atoms with E-state index in [1.807, 2.05) is 20.9 Å². The largest absolute Gasteiger partial charge is 0.396 e. The Kier molecular flexibility index (Phi) is 5.69. The summed E-state index contributed by atoms with van der Waals surface area (Å²) >= 11 is 0. The molecule has 5 heteroatoms. The van der Waals surface area contributed by atoms with Crippen LogP contribution in [0.2, 0.25) is 0 Å². The first-order valence-electron chi connectivity index (χ1n) is 6.06. The summed E-state index contributed by atoms with van der Waals surface area (Å²) in [4.78, 5) is 8.70. The zero-order valence-corrected chi connectivity index (χ0v) is 10.9. The molecule has 0 saturated heterocycles. The van der Waals surface area contributed by atoms with Crippen molar-refractivity contribution in [3.8, 4) is 0 Å². The molecule has 0 amide bonds. The van der Waals surface area contributed by atoms with Gasteiger partial charge in [-0.25, -0.2) is 9.97 Å². The molecule has 0 aliphatic heterocycles. The molecule has 0 aromatic carbocycles. The molecule has 0 aliphatic carbocycles. The van der Waals surface area contributed by atoms with E-state index in [-0.39, 0.29) is 6.61 Å². The lowest BCUT2D eigenvalue weighted by Gasteiger charge is -2.12. The quantitative estimate of drug-likeness (QED) is 0.631. The van der Waals surface area contributed by atoms with Gasteiger partial charge in [-0.15, -0.1) is 0 Å². The lowest BCUT2D eigenvalue weighted by Crippen LogP contribution is -2.09. The predicted octanol–water partition coefficient (Wildman–Crippen LogP) is 1.71. The summed E-state index contributed by atoms with van der Waals surface area (Å²) in [6, 6.07) is 0. The van der Waals surface area contributed by atoms with Gasteiger partial charge in [-0.1, -0.05) is 0 Å². The van der Waals surface area contributed by atoms with Crippen LogP contribution in [0.4, 0.5) is 11.6 Å². The van der Waals surface area contributed by atoms with Gasteiger partial charge in [0.2, 0.25) is 0 Å². The van der Waals surface area contributed by atoms with E-state index in [1.54, 1.807) is 0 Å². The summed E-state index contributed by atoms with van der Waals surface area (Å²) < 4.78 is 0. The summed E-state index contributed by atoms with van der Waals surface area (Å²) in [5.74, 6) is 2.53. The van der Waals surface area contributed by atoms with Crippen molar-refractivity contribution in [3.63, 3.8) is 0 Å². The highest BCUT2D eigenvalue weighted by Gasteiger charge is 2.06. The Labute approximate surface area is 103 Å². The monoisotopic (exact) mass is 238 g/mol. The number of unbranched alkanes of at least 4 members (excludes halogenated alkanes) is 2. The Balaban J connectivity index is 2.55. The maximum Gasteiger partial charge on any atom is 0.134 e. The van der Waals surface area contributed by atoms with Gasteiger partial charge < -0.3 is 15.7 Å². The number of anilines is 2. The summed E-state index contributed by atoms with van der Waals surface area (Å²) in [7, 11) is 1.86. The van der Waals surface area contributed by atoms with Crippen LogP contribution in [0.1, 0.15) is 30.7 Å². The van der Waals surface area contributed by atoms with E-state index >= 15 is 0 Å². The minimum absolute atomic E-state index is 0.273. The lowest BCUT2D eigenvalue weighted by molar-refractivity contribution is 0.283. The average molecular weight is 238 g/mol. The fraction of sp³-hybridized carbons (Fsp3) is 0.667. The fourth-order valence-electron chi connectivity index (χ4n) is 1.66. The first-order chi connectivity index (χ1) is 8.19. The molecule has 5 nitrogen and oxygen atoms in total. The highest BCUT2D eigenvalue weighted by Crippen LogP contribution is 2.19. The van der Waals surface area contributed by atoms with Crippen molar-refractivity contribution in [1.82, 2.24) is 9.97 Å². The van der Waals surface area contributed by atoms with Crippen molar-refractivity contribution in [3.05, 3.63) is 11.4 Å². The van der Waals surface area contributed by atoms with Crippen LogP contribution in [-0.4, -0.2) is 35.3 Å². The topological polar surface area (TPSA) is 70.1 Å². The third-order valence-corrected chi connectivity index (χ3v) is 2.62. The molecule has 96 valence electrons. The van der Waals surface area contributed by atoms with Gasteiger partial charge in [0.25, 0.3) is 0 Å². The molecule has 0 bridgehead atoms. The minimum atomic E-state index is 0.273. The summed E-state index contributed by atoms with van der Waals surface area (Å²) in [6.45, 7) is 5.04. The Hall–Kier alpha value is -1.36. The number of hydrogen-bond donors (Lipinski definition) is 3. The smallest absolute Gasteiger partial charge is 0.134 e. The fourth-order valence-corrected chi connectivity index (χ4v) is 1.66. The first-order valence-corrected chi connectivity index (χ1v) is 6.06. The zero-order chi connectivity index (χ0) is 12.7. The lowest BCUT2D eigenvalue weighted by atomic mass is 10.2. The van der Waals surface area contributed by atoms with Crippen LogP contribution in [0.3, 0.4) is 0 Å². The Morgan fingerprint density at radius 3 is 2.41 bits per heavy atom. The van der Waals surface area contributed by atoms with Gasteiger partial charge in [0.15, 0.2) is 0 Å². The van der Waals surface area contributed by atoms with E-state index in [4.69, 9.17) is 5.11 Å². The normalized spacial score (nSPS) is 10.4. The van der Waals surface area contributed by atoms with Crippen LogP contribution in [-0.2, 0) is 0 Å². The number of aliphatic hydroxyl groups excluding tert-OH is 1. The number of hydrogen-bond acceptors (Lipinski definition) is 5. The van der Waals surface area contributed by atoms with Gasteiger partial charge in [-0.2, -0.15) is 0 Å². The molecule has 1 aromatic rings. The van der Waals surface area contributed by atoms with Crippen molar-refractivity contribution in [1.29, 1.82) is 0 Å². The number of aliphatic hydroxyl groups is 1. The molecule has 1 aromatic heterocycles. The number of rotatable bonds is 7. The second kappa shape index (κ2) is 7.06. The van der Waals surface area contributed by atoms with E-state index in [1.165, 1.54) is 0 Å². The number of aryl methyl sites for hydroxylation is 1. The molecule has 1 heterocycles. The van der Waals surface area contributed by atoms with Gasteiger partial charge in [0, 0.05) is 25.8 Å². The third kappa shape index (κ3) is 4.19. The van der Waals surface area contributed by atoms with E-state index in [0.717, 1.165) is 48.8 Å². The second-order valence-electron chi connectivity index (χ2n) is 4.05. The molecule has 0 aliphatic rings. The Morgan fingerprint density at radius 1 is 1.06 bits per heavy atom. The van der Waals surface area contributed by atoms with Crippen LogP contribution < -0.4 is 10.6 Å². The molecule has 0 fully saturated rings. The van der Waals surface area contributed by atoms with Crippen LogP contribution in [0.25, 0.3) is 0 Å². The van der Waals surface area contributed by atoms with E-state index in [2.05, 4.69) is 20.6 Å². The Morgan fingerprint density at radius 2 is 1.76 bits per heavy atom. The van der Waals surface area contributed by atoms with Crippen molar-refractivity contribution >= 4 is 11.6 Å². The van der Waals surface area contributed by atoms with E-state index in [0.29, 0.717) is 0 Å². The molecule has 3 N–H and O–H groups in total. The van der Waals surface area contributed by atoms with Crippen LogP contribution in [0, 0.1) is 13.8 Å². The second-order valence-corrected chi connectivity index (χ2v) is 4.05. The van der Waals surface area contributed by atoms with E-state index < -0.39 is 0 Å². The van der Waals surface area contributed by atoms with Gasteiger partial charge in [0.05, 0.1) is 0 Å². The third-order valence-electron chi connectivity index (χ3n) is 2.62. The van der Waals surface area contributed by atoms with Crippen molar-refractivity contribution in [2.24, 2.45) is 0 Å². The molecular formula is C12H22N4O. The van der Waals surface area contributed by atoms with Gasteiger partial charge in [0.1, 0.15) is 17.5 Å². The molecule has 0 spiro atoms. The number of nitrogens with one attached hydrogen (secondary N) is 2. The van der Waals surface area contributed by atoms with Gasteiger partial charge >= 0.3 is 0 Å². The SMILES string of the molecule is CNc1nc(C)nc(NCCCCCO)c1C. The van der Waals surface area contributed by atoms with Gasteiger partial charge in [-0.05, 0) is 33.1 Å². The van der Waals surface area contributed by atoms with Crippen LogP contribution in [0.15, 0.2) is 0 Å². The molecule has 17 heavy (non-hydrogen) atoms. The molecular weight excluding hydrogens is 216 g/mol. The highest BCUT2D eigenvalue weighted by molar-refractivity contribution is 5.56. The standard InChI is InChI=1S/C12H22N4O/c1-9-11(13-3)15-10(2)16-12(9)14-7-5-4-6-8-17/h17H,4-8H2,1-3H3,(H2,13,14,15,16). The van der Waals surface area contributed by atoms with Crippen molar-refractivity contribution in [2.75, 3.05) is 30.8 Å². The van der Waals surface area contributed by atoms with E-state index in [9.17, 15) is 0 Å². The van der Waals surface area contributed by atoms with Crippen LogP contribution in [0.5, 0.6) is 0 Å². The van der Waals surface area contributed by atoms with Crippen LogP contribution >= 0.6 is 0 Å². The maximum absolute atomic E-state index is 8.68. The minimum Gasteiger partial charge on any atom is -0.396 e. The number of aromatic nitrogens is 2. The molecule has 1 rings (SSSR count). The average Bonchev–Trinajstić information content (AvgIpc) is 2.32. The number of nitrogens with zero attached hydrogens (tertiary/aromatic N) is 2. The Bertz CT molecular complexity index is 355. The molecule has 0 saturated carbocycles. The van der Waals surface area contributed by atoms with Gasteiger partial charge in [-0.3, -0.25) is 0 Å². The maximum atomic E-state index is 8.68. The molecule has 0 atom stereocenters. The highest BCUT2D eigenvalue weighted by atomic mass is 16.2. The molecule has 0 radical (unpaired) electrons. The van der Waals surface area contributed by atoms with Crippen molar-refractivity contribution < 1.29 is 5.11 Å². The first kappa shape index (κ1) is 13.7.